The molecule has 0 radical (unpaired) electrons. The number of benzene rings is 1. The largest absolute Gasteiger partial charge is 0.373 e. The second kappa shape index (κ2) is 5.06. The highest BCUT2D eigenvalue weighted by molar-refractivity contribution is 7.92. The molecular formula is C13H13N5O2S. The van der Waals surface area contributed by atoms with Gasteiger partial charge in [-0.3, -0.25) is 0 Å². The fourth-order valence-electron chi connectivity index (χ4n) is 1.87. The van der Waals surface area contributed by atoms with Crippen LogP contribution in [0.1, 0.15) is 0 Å². The normalized spacial score (nSPS) is 11.5. The Morgan fingerprint density at radius 1 is 1.14 bits per heavy atom. The van der Waals surface area contributed by atoms with Crippen LogP contribution in [0.3, 0.4) is 0 Å². The summed E-state index contributed by atoms with van der Waals surface area (Å²) < 4.78 is 26.9. The van der Waals surface area contributed by atoms with E-state index in [0.717, 1.165) is 5.52 Å². The number of sulfonamides is 1. The Morgan fingerprint density at radius 3 is 2.62 bits per heavy atom. The van der Waals surface area contributed by atoms with E-state index in [1.165, 1.54) is 12.3 Å². The molecule has 8 heteroatoms. The van der Waals surface area contributed by atoms with Crippen molar-refractivity contribution in [1.82, 2.24) is 15.0 Å². The number of hydrogen-bond acceptors (Lipinski definition) is 5. The van der Waals surface area contributed by atoms with Crippen molar-refractivity contribution < 1.29 is 8.42 Å². The lowest BCUT2D eigenvalue weighted by atomic mass is 10.3. The van der Waals surface area contributed by atoms with Crippen LogP contribution in [0.25, 0.3) is 11.0 Å². The van der Waals surface area contributed by atoms with Crippen molar-refractivity contribution in [1.29, 1.82) is 0 Å². The fourth-order valence-corrected chi connectivity index (χ4v) is 2.78. The highest BCUT2D eigenvalue weighted by Gasteiger charge is 2.16. The third kappa shape index (κ3) is 2.65. The van der Waals surface area contributed by atoms with Crippen molar-refractivity contribution in [2.24, 2.45) is 0 Å². The van der Waals surface area contributed by atoms with Gasteiger partial charge in [0, 0.05) is 13.2 Å². The molecule has 21 heavy (non-hydrogen) atoms. The first-order valence-electron chi connectivity index (χ1n) is 6.20. The van der Waals surface area contributed by atoms with Crippen LogP contribution in [0, 0.1) is 0 Å². The quantitative estimate of drug-likeness (QED) is 0.682. The predicted octanol–water partition coefficient (Wildman–Crippen LogP) is 1.80. The number of H-pyrrole nitrogens is 1. The lowest BCUT2D eigenvalue weighted by molar-refractivity contribution is 0.600. The molecule has 3 aromatic rings. The van der Waals surface area contributed by atoms with Gasteiger partial charge in [-0.15, -0.1) is 0 Å². The number of fused-ring (bicyclic) bond motifs is 1. The van der Waals surface area contributed by atoms with E-state index in [2.05, 4.69) is 25.0 Å². The van der Waals surface area contributed by atoms with Gasteiger partial charge in [0.15, 0.2) is 0 Å². The molecular weight excluding hydrogens is 290 g/mol. The molecule has 1 aromatic carbocycles. The van der Waals surface area contributed by atoms with Crippen LogP contribution in [-0.4, -0.2) is 30.4 Å². The minimum atomic E-state index is -3.72. The van der Waals surface area contributed by atoms with Crippen molar-refractivity contribution in [3.8, 4) is 0 Å². The van der Waals surface area contributed by atoms with Crippen LogP contribution in [0.5, 0.6) is 0 Å². The lowest BCUT2D eigenvalue weighted by Crippen LogP contribution is -2.14. The number of nitrogens with one attached hydrogen (secondary N) is 3. The van der Waals surface area contributed by atoms with Gasteiger partial charge in [-0.25, -0.2) is 23.1 Å². The number of aromatic nitrogens is 3. The predicted molar refractivity (Wildman–Crippen MR) is 80.7 cm³/mol. The molecule has 0 atom stereocenters. The first kappa shape index (κ1) is 13.4. The van der Waals surface area contributed by atoms with Crippen molar-refractivity contribution in [3.05, 3.63) is 42.6 Å². The zero-order valence-corrected chi connectivity index (χ0v) is 12.0. The average molecular weight is 303 g/mol. The summed E-state index contributed by atoms with van der Waals surface area (Å²) in [5.41, 5.74) is 1.46. The van der Waals surface area contributed by atoms with Crippen LogP contribution < -0.4 is 10.0 Å². The molecule has 0 aliphatic rings. The summed E-state index contributed by atoms with van der Waals surface area (Å²) in [6.07, 6.45) is 1.29. The van der Waals surface area contributed by atoms with Crippen molar-refractivity contribution in [2.75, 3.05) is 17.1 Å². The van der Waals surface area contributed by atoms with Crippen LogP contribution in [0.2, 0.25) is 0 Å². The molecule has 108 valence electrons. The number of aromatic amines is 1. The molecule has 0 amide bonds. The standard InChI is InChI=1S/C13H13N5O2S/c1-14-12-7-6-9(8-15-12)21(19,20)18-13-16-10-4-2-3-5-11(10)17-13/h2-8H,1H3,(H,14,15)(H2,16,17,18). The van der Waals surface area contributed by atoms with Gasteiger partial charge in [0.1, 0.15) is 10.7 Å². The van der Waals surface area contributed by atoms with Gasteiger partial charge in [0.05, 0.1) is 11.0 Å². The molecule has 0 unspecified atom stereocenters. The summed E-state index contributed by atoms with van der Waals surface area (Å²) in [4.78, 5) is 11.1. The third-order valence-corrected chi connectivity index (χ3v) is 4.25. The van der Waals surface area contributed by atoms with Crippen molar-refractivity contribution in [2.45, 2.75) is 4.90 Å². The van der Waals surface area contributed by atoms with Gasteiger partial charge in [-0.2, -0.15) is 0 Å². The zero-order chi connectivity index (χ0) is 14.9. The van der Waals surface area contributed by atoms with Crippen LogP contribution >= 0.6 is 0 Å². The molecule has 3 rings (SSSR count). The first-order chi connectivity index (χ1) is 10.1. The lowest BCUT2D eigenvalue weighted by Gasteiger charge is -2.05. The number of hydrogen-bond donors (Lipinski definition) is 3. The molecule has 0 spiro atoms. The number of imidazole rings is 1. The average Bonchev–Trinajstić information content (AvgIpc) is 2.88. The van der Waals surface area contributed by atoms with Crippen LogP contribution in [-0.2, 0) is 10.0 Å². The summed E-state index contributed by atoms with van der Waals surface area (Å²) in [5.74, 6) is 0.770. The molecule has 0 saturated carbocycles. The monoisotopic (exact) mass is 303 g/mol. The molecule has 7 nitrogen and oxygen atoms in total. The van der Waals surface area contributed by atoms with Crippen molar-refractivity contribution >= 4 is 32.8 Å². The molecule has 0 aliphatic heterocycles. The zero-order valence-electron chi connectivity index (χ0n) is 11.2. The highest BCUT2D eigenvalue weighted by atomic mass is 32.2. The Bertz CT molecular complexity index is 838. The number of nitrogens with zero attached hydrogens (tertiary/aromatic N) is 2. The summed E-state index contributed by atoms with van der Waals surface area (Å²) in [6.45, 7) is 0. The first-order valence-corrected chi connectivity index (χ1v) is 7.68. The summed E-state index contributed by atoms with van der Waals surface area (Å²) in [7, 11) is -2.01. The molecule has 0 bridgehead atoms. The van der Waals surface area contributed by atoms with E-state index in [1.807, 2.05) is 18.2 Å². The second-order valence-corrected chi connectivity index (χ2v) is 6.02. The maximum Gasteiger partial charge on any atom is 0.265 e. The topological polar surface area (TPSA) is 99.8 Å². The van der Waals surface area contributed by atoms with Gasteiger partial charge in [0.25, 0.3) is 10.0 Å². The Hall–Kier alpha value is -2.61. The smallest absolute Gasteiger partial charge is 0.265 e. The van der Waals surface area contributed by atoms with Gasteiger partial charge in [-0.05, 0) is 24.3 Å². The van der Waals surface area contributed by atoms with Crippen molar-refractivity contribution in [3.63, 3.8) is 0 Å². The molecule has 0 fully saturated rings. The Labute approximate surface area is 121 Å². The summed E-state index contributed by atoms with van der Waals surface area (Å²) in [6, 6.07) is 10.4. The highest BCUT2D eigenvalue weighted by Crippen LogP contribution is 2.17. The van der Waals surface area contributed by atoms with E-state index < -0.39 is 10.0 Å². The maximum absolute atomic E-state index is 12.2. The van der Waals surface area contributed by atoms with Crippen LogP contribution in [0.15, 0.2) is 47.5 Å². The van der Waals surface area contributed by atoms with E-state index in [4.69, 9.17) is 0 Å². The van der Waals surface area contributed by atoms with E-state index >= 15 is 0 Å². The molecule has 2 heterocycles. The van der Waals surface area contributed by atoms with E-state index in [1.54, 1.807) is 19.2 Å². The number of para-hydroxylation sites is 2. The Kier molecular flexibility index (Phi) is 3.22. The summed E-state index contributed by atoms with van der Waals surface area (Å²) >= 11 is 0. The Morgan fingerprint density at radius 2 is 1.95 bits per heavy atom. The minimum Gasteiger partial charge on any atom is -0.373 e. The number of anilines is 2. The maximum atomic E-state index is 12.2. The van der Waals surface area contributed by atoms with Gasteiger partial charge < -0.3 is 10.3 Å². The number of pyridine rings is 1. The van der Waals surface area contributed by atoms with E-state index in [0.29, 0.717) is 11.3 Å². The molecule has 3 N–H and O–H groups in total. The molecule has 0 saturated heterocycles. The fraction of sp³-hybridized carbons (Fsp3) is 0.0769. The second-order valence-electron chi connectivity index (χ2n) is 4.34. The van der Waals surface area contributed by atoms with Gasteiger partial charge >= 0.3 is 0 Å². The van der Waals surface area contributed by atoms with Gasteiger partial charge in [-0.1, -0.05) is 12.1 Å². The molecule has 2 aromatic heterocycles. The van der Waals surface area contributed by atoms with E-state index in [9.17, 15) is 8.42 Å². The minimum absolute atomic E-state index is 0.0713. The van der Waals surface area contributed by atoms with Crippen LogP contribution in [0.4, 0.5) is 11.8 Å². The molecule has 0 aliphatic carbocycles. The third-order valence-electron chi connectivity index (χ3n) is 2.92. The Balaban J connectivity index is 1.91. The number of rotatable bonds is 4. The van der Waals surface area contributed by atoms with E-state index in [-0.39, 0.29) is 10.8 Å². The SMILES string of the molecule is CNc1ccc(S(=O)(=O)Nc2nc3ccccc3[nH]2)cn1. The summed E-state index contributed by atoms with van der Waals surface area (Å²) in [5, 5.41) is 2.83. The van der Waals surface area contributed by atoms with Gasteiger partial charge in [0.2, 0.25) is 5.95 Å².